The number of hydrogen-bond donors (Lipinski definition) is 4. The Kier molecular flexibility index (Phi) is 7.02. The maximum atomic E-state index is 11.0. The Morgan fingerprint density at radius 3 is 2.07 bits per heavy atom. The summed E-state index contributed by atoms with van der Waals surface area (Å²) in [5.74, 6) is 1.38. The minimum Gasteiger partial charge on any atom is -0.508 e. The van der Waals surface area contributed by atoms with E-state index in [9.17, 15) is 20.4 Å². The predicted molar refractivity (Wildman–Crippen MR) is 154 cm³/mol. The standard InChI is InChI=1S/C33H32O9/c1-38-26-9-8-22(33(40-3)32(26)37)25-16-42-28-13-20(35)6-7-23(28)30(25)31-24(11-21(36)14-29(31)39-2)18-10-17-4-5-19(34)12-27(17)41-15-18/h4-9,11-14,18,25,30,34-37H,10,15-16H2,1-3H3/t18-,25-,30+/m0/s1. The van der Waals surface area contributed by atoms with Crippen LogP contribution in [-0.4, -0.2) is 55.0 Å². The smallest absolute Gasteiger partial charge is 0.201 e. The Bertz CT molecular complexity index is 1650. The van der Waals surface area contributed by atoms with E-state index in [0.29, 0.717) is 35.8 Å². The van der Waals surface area contributed by atoms with E-state index in [0.717, 1.165) is 22.3 Å². The van der Waals surface area contributed by atoms with Gasteiger partial charge in [-0.25, -0.2) is 0 Å². The minimum atomic E-state index is -0.400. The van der Waals surface area contributed by atoms with Gasteiger partial charge in [0, 0.05) is 52.6 Å². The number of rotatable bonds is 6. The van der Waals surface area contributed by atoms with Gasteiger partial charge in [0.25, 0.3) is 0 Å². The largest absolute Gasteiger partial charge is 0.508 e. The molecule has 0 aromatic heterocycles. The third kappa shape index (κ3) is 4.60. The lowest BCUT2D eigenvalue weighted by atomic mass is 9.71. The first-order valence-corrected chi connectivity index (χ1v) is 13.6. The summed E-state index contributed by atoms with van der Waals surface area (Å²) in [6, 6.07) is 17.0. The Balaban J connectivity index is 1.57. The molecule has 4 aromatic carbocycles. The Morgan fingerprint density at radius 1 is 0.643 bits per heavy atom. The fourth-order valence-electron chi connectivity index (χ4n) is 6.30. The highest BCUT2D eigenvalue weighted by atomic mass is 16.5. The second kappa shape index (κ2) is 10.8. The highest BCUT2D eigenvalue weighted by Gasteiger charge is 2.40. The van der Waals surface area contributed by atoms with E-state index < -0.39 is 5.92 Å². The van der Waals surface area contributed by atoms with Crippen LogP contribution in [0.2, 0.25) is 0 Å². The van der Waals surface area contributed by atoms with Crippen molar-refractivity contribution in [3.8, 4) is 51.7 Å². The molecule has 0 amide bonds. The van der Waals surface area contributed by atoms with Crippen molar-refractivity contribution in [3.63, 3.8) is 0 Å². The molecule has 0 spiro atoms. The molecule has 0 saturated heterocycles. The average molecular weight is 573 g/mol. The summed E-state index contributed by atoms with van der Waals surface area (Å²) in [6.07, 6.45) is 0.609. The van der Waals surface area contributed by atoms with Crippen LogP contribution < -0.4 is 23.7 Å². The molecule has 2 heterocycles. The second-order valence-electron chi connectivity index (χ2n) is 10.5. The van der Waals surface area contributed by atoms with Crippen molar-refractivity contribution in [1.29, 1.82) is 0 Å². The molecule has 0 bridgehead atoms. The van der Waals surface area contributed by atoms with Crippen LogP contribution in [0.25, 0.3) is 0 Å². The zero-order chi connectivity index (χ0) is 29.5. The van der Waals surface area contributed by atoms with E-state index in [-0.39, 0.29) is 52.9 Å². The van der Waals surface area contributed by atoms with Gasteiger partial charge in [0.1, 0.15) is 34.5 Å². The van der Waals surface area contributed by atoms with Gasteiger partial charge in [-0.1, -0.05) is 18.2 Å². The summed E-state index contributed by atoms with van der Waals surface area (Å²) in [7, 11) is 4.52. The Hall–Kier alpha value is -4.92. The first-order chi connectivity index (χ1) is 20.3. The van der Waals surface area contributed by atoms with Gasteiger partial charge >= 0.3 is 0 Å². The lowest BCUT2D eigenvalue weighted by Gasteiger charge is -2.38. The molecule has 9 heteroatoms. The van der Waals surface area contributed by atoms with Crippen LogP contribution in [0.4, 0.5) is 0 Å². The molecule has 9 nitrogen and oxygen atoms in total. The molecule has 0 aliphatic carbocycles. The van der Waals surface area contributed by atoms with Gasteiger partial charge in [-0.15, -0.1) is 0 Å². The molecule has 0 radical (unpaired) electrons. The highest BCUT2D eigenvalue weighted by Crippen LogP contribution is 2.55. The van der Waals surface area contributed by atoms with E-state index in [1.807, 2.05) is 18.2 Å². The summed E-state index contributed by atoms with van der Waals surface area (Å²) in [4.78, 5) is 0. The van der Waals surface area contributed by atoms with E-state index in [2.05, 4.69) is 0 Å². The third-order valence-corrected chi connectivity index (χ3v) is 8.19. The maximum Gasteiger partial charge on any atom is 0.201 e. The van der Waals surface area contributed by atoms with Crippen LogP contribution in [0.5, 0.6) is 51.7 Å². The lowest BCUT2D eigenvalue weighted by Crippen LogP contribution is -2.28. The van der Waals surface area contributed by atoms with E-state index in [1.54, 1.807) is 49.6 Å². The van der Waals surface area contributed by atoms with Crippen LogP contribution in [-0.2, 0) is 6.42 Å². The van der Waals surface area contributed by atoms with Crippen molar-refractivity contribution in [2.24, 2.45) is 0 Å². The second-order valence-corrected chi connectivity index (χ2v) is 10.5. The van der Waals surface area contributed by atoms with Crippen LogP contribution in [0, 0.1) is 0 Å². The molecule has 3 atom stereocenters. The van der Waals surface area contributed by atoms with E-state index in [1.165, 1.54) is 14.2 Å². The molecule has 4 N–H and O–H groups in total. The molecule has 0 unspecified atom stereocenters. The number of ether oxygens (including phenoxy) is 5. The Labute approximate surface area is 243 Å². The van der Waals surface area contributed by atoms with Crippen LogP contribution in [0.15, 0.2) is 60.7 Å². The predicted octanol–water partition coefficient (Wildman–Crippen LogP) is 5.56. The number of phenolic OH excluding ortho intramolecular Hbond substituents is 4. The zero-order valence-corrected chi connectivity index (χ0v) is 23.5. The summed E-state index contributed by atoms with van der Waals surface area (Å²) in [5.41, 5.74) is 4.09. The van der Waals surface area contributed by atoms with Crippen molar-refractivity contribution in [1.82, 2.24) is 0 Å². The Morgan fingerprint density at radius 2 is 1.33 bits per heavy atom. The monoisotopic (exact) mass is 572 g/mol. The summed E-state index contributed by atoms with van der Waals surface area (Å²) in [6.45, 7) is 0.523. The molecule has 218 valence electrons. The number of fused-ring (bicyclic) bond motifs is 2. The van der Waals surface area contributed by atoms with Gasteiger partial charge in [0.05, 0.1) is 34.5 Å². The van der Waals surface area contributed by atoms with Crippen molar-refractivity contribution in [2.75, 3.05) is 34.5 Å². The summed E-state index contributed by atoms with van der Waals surface area (Å²) >= 11 is 0. The van der Waals surface area contributed by atoms with Crippen LogP contribution in [0.3, 0.4) is 0 Å². The van der Waals surface area contributed by atoms with Gasteiger partial charge in [0.2, 0.25) is 5.75 Å². The first-order valence-electron chi connectivity index (χ1n) is 13.6. The van der Waals surface area contributed by atoms with Gasteiger partial charge in [0.15, 0.2) is 11.5 Å². The van der Waals surface area contributed by atoms with Gasteiger partial charge in [-0.2, -0.15) is 0 Å². The fourth-order valence-corrected chi connectivity index (χ4v) is 6.30. The zero-order valence-electron chi connectivity index (χ0n) is 23.5. The number of benzene rings is 4. The molecule has 2 aliphatic heterocycles. The lowest BCUT2D eigenvalue weighted by molar-refractivity contribution is 0.237. The molecule has 4 aromatic rings. The normalized spacial score (nSPS) is 19.1. The van der Waals surface area contributed by atoms with Crippen molar-refractivity contribution in [2.45, 2.75) is 24.2 Å². The summed E-state index contributed by atoms with van der Waals surface area (Å²) in [5, 5.41) is 42.0. The van der Waals surface area contributed by atoms with E-state index >= 15 is 0 Å². The van der Waals surface area contributed by atoms with Gasteiger partial charge < -0.3 is 44.1 Å². The molecule has 0 saturated carbocycles. The van der Waals surface area contributed by atoms with E-state index in [4.69, 9.17) is 23.7 Å². The van der Waals surface area contributed by atoms with Crippen molar-refractivity contribution < 1.29 is 44.1 Å². The van der Waals surface area contributed by atoms with Crippen LogP contribution in [0.1, 0.15) is 45.6 Å². The minimum absolute atomic E-state index is 0.0521. The van der Waals surface area contributed by atoms with Crippen molar-refractivity contribution >= 4 is 0 Å². The van der Waals surface area contributed by atoms with Crippen LogP contribution >= 0.6 is 0 Å². The van der Waals surface area contributed by atoms with Crippen molar-refractivity contribution in [3.05, 3.63) is 88.5 Å². The number of hydrogen-bond acceptors (Lipinski definition) is 9. The molecule has 0 fully saturated rings. The average Bonchev–Trinajstić information content (AvgIpc) is 2.99. The molecule has 6 rings (SSSR count). The fraction of sp³-hybridized carbons (Fsp3) is 0.273. The van der Waals surface area contributed by atoms with Gasteiger partial charge in [-0.3, -0.25) is 0 Å². The molecule has 2 aliphatic rings. The highest BCUT2D eigenvalue weighted by molar-refractivity contribution is 5.62. The SMILES string of the molecule is COc1ccc([C@@H]2COc3cc(O)ccc3[C@H]2c2c(OC)cc(O)cc2[C@@H]2COc3cc(O)ccc3C2)c(OC)c1O. The molecular weight excluding hydrogens is 540 g/mol. The first kappa shape index (κ1) is 27.3. The maximum absolute atomic E-state index is 11.0. The molecular formula is C33H32O9. The third-order valence-electron chi connectivity index (χ3n) is 8.19. The molecule has 42 heavy (non-hydrogen) atoms. The quantitative estimate of drug-likeness (QED) is 0.235. The number of phenols is 4. The number of aromatic hydroxyl groups is 4. The topological polar surface area (TPSA) is 127 Å². The summed E-state index contributed by atoms with van der Waals surface area (Å²) < 4.78 is 29.2. The van der Waals surface area contributed by atoms with Gasteiger partial charge in [-0.05, 0) is 41.8 Å². The number of methoxy groups -OCH3 is 3.